The highest BCUT2D eigenvalue weighted by Gasteiger charge is 2.23. The molecule has 5 nitrogen and oxygen atoms in total. The number of para-hydroxylation sites is 1. The van der Waals surface area contributed by atoms with Crippen LogP contribution >= 0.6 is 11.8 Å². The lowest BCUT2D eigenvalue weighted by molar-refractivity contribution is -0.134. The Balaban J connectivity index is 2.08. The molecule has 0 saturated heterocycles. The second-order valence-corrected chi connectivity index (χ2v) is 4.99. The molecule has 0 unspecified atom stereocenters. The van der Waals surface area contributed by atoms with Crippen molar-refractivity contribution in [2.45, 2.75) is 9.92 Å². The number of esters is 1. The van der Waals surface area contributed by atoms with Gasteiger partial charge in [0.15, 0.2) is 5.82 Å². The van der Waals surface area contributed by atoms with E-state index in [1.54, 1.807) is 30.4 Å². The van der Waals surface area contributed by atoms with E-state index in [1.165, 1.54) is 13.2 Å². The third-order valence-electron chi connectivity index (χ3n) is 2.77. The van der Waals surface area contributed by atoms with Gasteiger partial charge in [-0.2, -0.15) is 0 Å². The Bertz CT molecular complexity index is 642. The molecule has 6 heteroatoms. The monoisotopic (exact) mass is 285 g/mol. The maximum absolute atomic E-state index is 11.3. The van der Waals surface area contributed by atoms with Crippen LogP contribution in [-0.2, 0) is 9.53 Å². The summed E-state index contributed by atoms with van der Waals surface area (Å²) in [7, 11) is 1.35. The summed E-state index contributed by atoms with van der Waals surface area (Å²) in [4.78, 5) is 22.9. The number of rotatable bonds is 2. The molecule has 0 aliphatic carbocycles. The number of benzene rings is 1. The first-order chi connectivity index (χ1) is 9.79. The average molecular weight is 285 g/mol. The van der Waals surface area contributed by atoms with E-state index in [0.29, 0.717) is 5.82 Å². The van der Waals surface area contributed by atoms with Crippen LogP contribution in [0.2, 0.25) is 0 Å². The van der Waals surface area contributed by atoms with Crippen LogP contribution in [0.1, 0.15) is 0 Å². The molecule has 1 aromatic heterocycles. The summed E-state index contributed by atoms with van der Waals surface area (Å²) in [6.07, 6.45) is 6.30. The molecule has 1 aromatic carbocycles. The molecular formula is C14H11N3O2S. The van der Waals surface area contributed by atoms with Gasteiger partial charge in [-0.1, -0.05) is 23.9 Å². The molecule has 2 heterocycles. The standard InChI is InChI=1S/C14H11N3O2S/c1-19-12(18)6-9-17-10-4-2-3-5-11(10)20-14-13(17)15-7-8-16-14/h2-9H,1H3. The molecule has 0 saturated carbocycles. The summed E-state index contributed by atoms with van der Waals surface area (Å²) in [6, 6.07) is 7.90. The summed E-state index contributed by atoms with van der Waals surface area (Å²) in [5.74, 6) is 0.294. The van der Waals surface area contributed by atoms with Crippen LogP contribution < -0.4 is 4.90 Å². The first-order valence-electron chi connectivity index (χ1n) is 5.93. The fraction of sp³-hybridized carbons (Fsp3) is 0.0714. The van der Waals surface area contributed by atoms with E-state index in [0.717, 1.165) is 15.6 Å². The predicted octanol–water partition coefficient (Wildman–Crippen LogP) is 2.77. The zero-order valence-electron chi connectivity index (χ0n) is 10.7. The lowest BCUT2D eigenvalue weighted by Crippen LogP contribution is -2.16. The number of methoxy groups -OCH3 is 1. The molecule has 2 aromatic rings. The largest absolute Gasteiger partial charge is 0.466 e. The van der Waals surface area contributed by atoms with E-state index in [-0.39, 0.29) is 0 Å². The number of ether oxygens (including phenoxy) is 1. The van der Waals surface area contributed by atoms with Crippen molar-refractivity contribution in [1.29, 1.82) is 0 Å². The van der Waals surface area contributed by atoms with Crippen LogP contribution in [0.5, 0.6) is 0 Å². The van der Waals surface area contributed by atoms with Crippen molar-refractivity contribution in [2.24, 2.45) is 0 Å². The first kappa shape index (κ1) is 12.7. The van der Waals surface area contributed by atoms with E-state index < -0.39 is 5.97 Å². The third-order valence-corrected chi connectivity index (χ3v) is 3.81. The summed E-state index contributed by atoms with van der Waals surface area (Å²) in [6.45, 7) is 0. The number of nitrogens with zero attached hydrogens (tertiary/aromatic N) is 3. The van der Waals surface area contributed by atoms with E-state index >= 15 is 0 Å². The number of aromatic nitrogens is 2. The van der Waals surface area contributed by atoms with Crippen LogP contribution in [0, 0.1) is 0 Å². The van der Waals surface area contributed by atoms with Crippen LogP contribution in [0.25, 0.3) is 0 Å². The van der Waals surface area contributed by atoms with E-state index in [9.17, 15) is 4.79 Å². The molecule has 0 spiro atoms. The van der Waals surface area contributed by atoms with Gasteiger partial charge in [-0.05, 0) is 12.1 Å². The molecule has 0 atom stereocenters. The number of fused-ring (bicyclic) bond motifs is 2. The molecule has 0 radical (unpaired) electrons. The van der Waals surface area contributed by atoms with Crippen LogP contribution in [-0.4, -0.2) is 23.0 Å². The average Bonchev–Trinajstić information content (AvgIpc) is 2.51. The number of anilines is 2. The minimum Gasteiger partial charge on any atom is -0.466 e. The van der Waals surface area contributed by atoms with Crippen LogP contribution in [0.15, 0.2) is 58.9 Å². The van der Waals surface area contributed by atoms with Gasteiger partial charge in [-0.15, -0.1) is 0 Å². The van der Waals surface area contributed by atoms with Gasteiger partial charge in [0.2, 0.25) is 0 Å². The molecule has 1 aliphatic heterocycles. The Morgan fingerprint density at radius 2 is 2.10 bits per heavy atom. The van der Waals surface area contributed by atoms with Gasteiger partial charge in [0.1, 0.15) is 5.03 Å². The summed E-state index contributed by atoms with van der Waals surface area (Å²) < 4.78 is 4.62. The molecule has 20 heavy (non-hydrogen) atoms. The second kappa shape index (κ2) is 5.34. The lowest BCUT2D eigenvalue weighted by atomic mass is 10.3. The number of hydrogen-bond donors (Lipinski definition) is 0. The smallest absolute Gasteiger partial charge is 0.331 e. The van der Waals surface area contributed by atoms with Crippen molar-refractivity contribution in [3.63, 3.8) is 0 Å². The van der Waals surface area contributed by atoms with Crippen LogP contribution in [0.3, 0.4) is 0 Å². The minimum absolute atomic E-state index is 0.411. The van der Waals surface area contributed by atoms with Gasteiger partial charge >= 0.3 is 5.97 Å². The summed E-state index contributed by atoms with van der Waals surface area (Å²) in [5, 5.41) is 0.806. The Morgan fingerprint density at radius 1 is 1.30 bits per heavy atom. The van der Waals surface area contributed by atoms with Gasteiger partial charge in [0, 0.05) is 29.6 Å². The number of carbonyl (C=O) groups is 1. The van der Waals surface area contributed by atoms with Crippen molar-refractivity contribution in [3.8, 4) is 0 Å². The van der Waals surface area contributed by atoms with E-state index in [2.05, 4.69) is 14.7 Å². The minimum atomic E-state index is -0.411. The Labute approximate surface area is 120 Å². The van der Waals surface area contributed by atoms with Gasteiger partial charge in [0.05, 0.1) is 12.8 Å². The molecule has 100 valence electrons. The van der Waals surface area contributed by atoms with Gasteiger partial charge in [-0.3, -0.25) is 4.90 Å². The van der Waals surface area contributed by atoms with Gasteiger partial charge < -0.3 is 4.74 Å². The quantitative estimate of drug-likeness (QED) is 0.624. The topological polar surface area (TPSA) is 55.3 Å². The van der Waals surface area contributed by atoms with Gasteiger partial charge in [-0.25, -0.2) is 14.8 Å². The zero-order chi connectivity index (χ0) is 13.9. The van der Waals surface area contributed by atoms with E-state index in [1.807, 2.05) is 29.2 Å². The SMILES string of the molecule is COC(=O)C=CN1c2ccccc2Sc2nccnc21. The molecule has 0 N–H and O–H groups in total. The number of hydrogen-bond acceptors (Lipinski definition) is 6. The highest BCUT2D eigenvalue weighted by Crippen LogP contribution is 2.45. The summed E-state index contributed by atoms with van der Waals surface area (Å²) >= 11 is 1.56. The van der Waals surface area contributed by atoms with Crippen molar-refractivity contribution in [2.75, 3.05) is 12.0 Å². The maximum Gasteiger partial charge on any atom is 0.331 e. The Kier molecular flexibility index (Phi) is 3.39. The van der Waals surface area contributed by atoms with Crippen molar-refractivity contribution in [1.82, 2.24) is 9.97 Å². The summed E-state index contributed by atoms with van der Waals surface area (Å²) in [5.41, 5.74) is 0.964. The van der Waals surface area contributed by atoms with Crippen molar-refractivity contribution >= 4 is 29.2 Å². The van der Waals surface area contributed by atoms with Crippen molar-refractivity contribution in [3.05, 3.63) is 48.9 Å². The molecule has 0 amide bonds. The highest BCUT2D eigenvalue weighted by molar-refractivity contribution is 7.99. The fourth-order valence-electron chi connectivity index (χ4n) is 1.87. The first-order valence-corrected chi connectivity index (χ1v) is 6.74. The normalized spacial score (nSPS) is 12.9. The second-order valence-electron chi connectivity index (χ2n) is 3.96. The van der Waals surface area contributed by atoms with Crippen LogP contribution in [0.4, 0.5) is 11.5 Å². The molecule has 3 rings (SSSR count). The predicted molar refractivity (Wildman–Crippen MR) is 75.9 cm³/mol. The van der Waals surface area contributed by atoms with E-state index in [4.69, 9.17) is 0 Å². The van der Waals surface area contributed by atoms with Crippen molar-refractivity contribution < 1.29 is 9.53 Å². The Morgan fingerprint density at radius 3 is 2.95 bits per heavy atom. The molecule has 1 aliphatic rings. The zero-order valence-corrected chi connectivity index (χ0v) is 11.5. The highest BCUT2D eigenvalue weighted by atomic mass is 32.2. The molecular weight excluding hydrogens is 274 g/mol. The fourth-order valence-corrected chi connectivity index (χ4v) is 2.85. The Hall–Kier alpha value is -2.34. The van der Waals surface area contributed by atoms with Gasteiger partial charge in [0.25, 0.3) is 0 Å². The number of carbonyl (C=O) groups excluding carboxylic acids is 1. The molecule has 0 fully saturated rings. The lowest BCUT2D eigenvalue weighted by Gasteiger charge is -2.27. The third kappa shape index (κ3) is 2.25. The maximum atomic E-state index is 11.3. The molecule has 0 bridgehead atoms.